The smallest absolute Gasteiger partial charge is 0.243 e. The quantitative estimate of drug-likeness (QED) is 0.846. The molecule has 0 aromatic heterocycles. The second kappa shape index (κ2) is 6.65. The summed E-state index contributed by atoms with van der Waals surface area (Å²) in [6, 6.07) is 10.7. The average molecular weight is 374 g/mol. The van der Waals surface area contributed by atoms with Gasteiger partial charge in [0.05, 0.1) is 6.61 Å². The molecule has 0 spiro atoms. The fraction of sp³-hybridized carbons (Fsp3) is 0.143. The lowest BCUT2D eigenvalue weighted by Gasteiger charge is -2.09. The zero-order chi connectivity index (χ0) is 15.5. The molecule has 112 valence electrons. The van der Waals surface area contributed by atoms with E-state index in [-0.39, 0.29) is 13.2 Å². The van der Waals surface area contributed by atoms with E-state index in [1.165, 1.54) is 6.07 Å². The molecule has 0 atom stereocenters. The summed E-state index contributed by atoms with van der Waals surface area (Å²) in [5.74, 6) is -0.886. The van der Waals surface area contributed by atoms with Crippen LogP contribution in [-0.4, -0.2) is 13.5 Å². The van der Waals surface area contributed by atoms with Crippen molar-refractivity contribution in [1.29, 1.82) is 0 Å². The molecule has 0 heterocycles. The third kappa shape index (κ3) is 4.10. The van der Waals surface area contributed by atoms with Crippen molar-refractivity contribution in [2.75, 3.05) is 0 Å². The Labute approximate surface area is 130 Å². The summed E-state index contributed by atoms with van der Waals surface area (Å²) in [5, 5.41) is 8.90. The Hall–Kier alpha value is -1.28. The Balaban J connectivity index is 2.19. The van der Waals surface area contributed by atoms with Crippen molar-refractivity contribution in [2.45, 2.75) is 18.0 Å². The molecule has 0 amide bonds. The van der Waals surface area contributed by atoms with Gasteiger partial charge in [-0.15, -0.1) is 0 Å². The van der Waals surface area contributed by atoms with Gasteiger partial charge in [-0.25, -0.2) is 17.5 Å². The maximum absolute atomic E-state index is 13.8. The minimum Gasteiger partial charge on any atom is -0.392 e. The highest BCUT2D eigenvalue weighted by Gasteiger charge is 2.18. The van der Waals surface area contributed by atoms with Gasteiger partial charge in [0, 0.05) is 11.0 Å². The van der Waals surface area contributed by atoms with Gasteiger partial charge in [0.1, 0.15) is 10.7 Å². The number of hydrogen-bond acceptors (Lipinski definition) is 3. The fourth-order valence-electron chi connectivity index (χ4n) is 1.76. The first-order chi connectivity index (χ1) is 9.92. The maximum Gasteiger partial charge on any atom is 0.243 e. The first-order valence-corrected chi connectivity index (χ1v) is 8.33. The lowest BCUT2D eigenvalue weighted by molar-refractivity contribution is 0.281. The van der Waals surface area contributed by atoms with Crippen LogP contribution in [0.1, 0.15) is 11.1 Å². The predicted octanol–water partition coefficient (Wildman–Crippen LogP) is 2.56. The lowest BCUT2D eigenvalue weighted by Crippen LogP contribution is -2.24. The van der Waals surface area contributed by atoms with Crippen molar-refractivity contribution < 1.29 is 17.9 Å². The predicted molar refractivity (Wildman–Crippen MR) is 80.5 cm³/mol. The SMILES string of the molecule is O=S(=O)(NCc1cccc(Br)c1)c1ccc(CO)cc1F. The average Bonchev–Trinajstić information content (AvgIpc) is 2.45. The summed E-state index contributed by atoms with van der Waals surface area (Å²) in [6.45, 7) is -0.286. The molecule has 2 aromatic carbocycles. The molecule has 0 fully saturated rings. The van der Waals surface area contributed by atoms with Crippen LogP contribution in [0.5, 0.6) is 0 Å². The summed E-state index contributed by atoms with van der Waals surface area (Å²) in [5.41, 5.74) is 1.07. The molecule has 4 nitrogen and oxygen atoms in total. The molecule has 7 heteroatoms. The van der Waals surface area contributed by atoms with Crippen LogP contribution < -0.4 is 4.72 Å². The normalized spacial score (nSPS) is 11.6. The van der Waals surface area contributed by atoms with E-state index in [0.717, 1.165) is 22.2 Å². The minimum atomic E-state index is -3.95. The fourth-order valence-corrected chi connectivity index (χ4v) is 3.29. The van der Waals surface area contributed by atoms with Gasteiger partial charge in [0.15, 0.2) is 0 Å². The Morgan fingerprint density at radius 3 is 2.52 bits per heavy atom. The molecule has 2 N–H and O–H groups in total. The van der Waals surface area contributed by atoms with Gasteiger partial charge in [0.2, 0.25) is 10.0 Å². The zero-order valence-electron chi connectivity index (χ0n) is 10.9. The van der Waals surface area contributed by atoms with E-state index < -0.39 is 20.7 Å². The van der Waals surface area contributed by atoms with Crippen LogP contribution in [0.3, 0.4) is 0 Å². The highest BCUT2D eigenvalue weighted by atomic mass is 79.9. The third-order valence-electron chi connectivity index (χ3n) is 2.82. The third-order valence-corrected chi connectivity index (χ3v) is 4.75. The number of aliphatic hydroxyl groups excluding tert-OH is 1. The van der Waals surface area contributed by atoms with E-state index in [4.69, 9.17) is 5.11 Å². The molecule has 2 rings (SSSR count). The van der Waals surface area contributed by atoms with E-state index in [1.54, 1.807) is 18.2 Å². The second-order valence-corrected chi connectivity index (χ2v) is 7.03. The van der Waals surface area contributed by atoms with Crippen molar-refractivity contribution in [3.05, 3.63) is 63.9 Å². The summed E-state index contributed by atoms with van der Waals surface area (Å²) in [7, 11) is -3.95. The van der Waals surface area contributed by atoms with E-state index in [2.05, 4.69) is 20.7 Å². The van der Waals surface area contributed by atoms with Gasteiger partial charge in [-0.2, -0.15) is 0 Å². The first-order valence-electron chi connectivity index (χ1n) is 6.06. The molecule has 0 saturated heterocycles. The maximum atomic E-state index is 13.8. The molecular formula is C14H13BrFNO3S. The van der Waals surface area contributed by atoms with Crippen molar-refractivity contribution in [2.24, 2.45) is 0 Å². The number of aliphatic hydroxyl groups is 1. The topological polar surface area (TPSA) is 66.4 Å². The Kier molecular flexibility index (Phi) is 5.10. The van der Waals surface area contributed by atoms with Crippen LogP contribution in [0.2, 0.25) is 0 Å². The molecule has 0 aliphatic rings. The first kappa shape index (κ1) is 16.1. The number of sulfonamides is 1. The van der Waals surface area contributed by atoms with Gasteiger partial charge in [-0.05, 0) is 35.4 Å². The largest absolute Gasteiger partial charge is 0.392 e. The van der Waals surface area contributed by atoms with Gasteiger partial charge in [-0.1, -0.05) is 34.1 Å². The summed E-state index contributed by atoms with van der Waals surface area (Å²) in [6.07, 6.45) is 0. The number of halogens is 2. The number of hydrogen-bond donors (Lipinski definition) is 2. The molecular weight excluding hydrogens is 361 g/mol. The van der Waals surface area contributed by atoms with Gasteiger partial charge in [-0.3, -0.25) is 0 Å². The van der Waals surface area contributed by atoms with Crippen molar-refractivity contribution in [3.63, 3.8) is 0 Å². The Bertz CT molecular complexity index is 750. The standard InChI is InChI=1S/C14H13BrFNO3S/c15-12-3-1-2-10(6-12)8-17-21(19,20)14-5-4-11(9-18)7-13(14)16/h1-7,17-18H,8-9H2. The van der Waals surface area contributed by atoms with Crippen LogP contribution in [0.15, 0.2) is 51.8 Å². The molecule has 0 radical (unpaired) electrons. The number of nitrogens with one attached hydrogen (secondary N) is 1. The van der Waals surface area contributed by atoms with Crippen molar-refractivity contribution in [3.8, 4) is 0 Å². The van der Waals surface area contributed by atoms with Gasteiger partial charge in [0.25, 0.3) is 0 Å². The zero-order valence-corrected chi connectivity index (χ0v) is 13.3. The van der Waals surface area contributed by atoms with Crippen LogP contribution in [0.25, 0.3) is 0 Å². The highest BCUT2D eigenvalue weighted by Crippen LogP contribution is 2.17. The summed E-state index contributed by atoms with van der Waals surface area (Å²) >= 11 is 3.29. The highest BCUT2D eigenvalue weighted by molar-refractivity contribution is 9.10. The molecule has 0 aliphatic carbocycles. The van der Waals surface area contributed by atoms with E-state index >= 15 is 0 Å². The van der Waals surface area contributed by atoms with Crippen molar-refractivity contribution in [1.82, 2.24) is 4.72 Å². The Morgan fingerprint density at radius 1 is 1.14 bits per heavy atom. The van der Waals surface area contributed by atoms with Crippen LogP contribution in [-0.2, 0) is 23.2 Å². The Morgan fingerprint density at radius 2 is 1.90 bits per heavy atom. The summed E-state index contributed by atoms with van der Waals surface area (Å²) < 4.78 is 41.1. The molecule has 0 bridgehead atoms. The molecule has 21 heavy (non-hydrogen) atoms. The number of rotatable bonds is 5. The second-order valence-electron chi connectivity index (χ2n) is 4.38. The van der Waals surface area contributed by atoms with E-state index in [1.807, 2.05) is 6.07 Å². The van der Waals surface area contributed by atoms with E-state index in [9.17, 15) is 12.8 Å². The van der Waals surface area contributed by atoms with Crippen molar-refractivity contribution >= 4 is 26.0 Å². The van der Waals surface area contributed by atoms with Crippen LogP contribution in [0, 0.1) is 5.82 Å². The van der Waals surface area contributed by atoms with Gasteiger partial charge < -0.3 is 5.11 Å². The van der Waals surface area contributed by atoms with E-state index in [0.29, 0.717) is 5.56 Å². The summed E-state index contributed by atoms with van der Waals surface area (Å²) in [4.78, 5) is -0.435. The van der Waals surface area contributed by atoms with Crippen LogP contribution in [0.4, 0.5) is 4.39 Å². The molecule has 2 aromatic rings. The van der Waals surface area contributed by atoms with Gasteiger partial charge >= 0.3 is 0 Å². The minimum absolute atomic E-state index is 0.0585. The molecule has 0 aliphatic heterocycles. The molecule has 0 unspecified atom stereocenters. The molecule has 0 saturated carbocycles. The number of benzene rings is 2. The monoisotopic (exact) mass is 373 g/mol. The van der Waals surface area contributed by atoms with Crippen LogP contribution >= 0.6 is 15.9 Å². The lowest BCUT2D eigenvalue weighted by atomic mass is 10.2.